The quantitative estimate of drug-likeness (QED) is 0.725. The van der Waals surface area contributed by atoms with E-state index < -0.39 is 0 Å². The molecule has 0 saturated carbocycles. The lowest BCUT2D eigenvalue weighted by atomic mass is 10.2. The van der Waals surface area contributed by atoms with Crippen molar-refractivity contribution < 1.29 is 0 Å². The molecule has 0 aromatic heterocycles. The molecule has 0 atom stereocenters. The van der Waals surface area contributed by atoms with Crippen molar-refractivity contribution in [2.45, 2.75) is 6.92 Å². The first-order valence-electron chi connectivity index (χ1n) is 4.27. The zero-order valence-corrected chi connectivity index (χ0v) is 9.40. The van der Waals surface area contributed by atoms with Crippen LogP contribution in [0.4, 0.5) is 0 Å². The Hall–Kier alpha value is -0.910. The molecule has 0 saturated heterocycles. The van der Waals surface area contributed by atoms with Gasteiger partial charge in [0.05, 0.1) is 4.91 Å². The lowest BCUT2D eigenvalue weighted by Crippen LogP contribution is -1.77. The van der Waals surface area contributed by atoms with Crippen LogP contribution in [0.3, 0.4) is 0 Å². The van der Waals surface area contributed by atoms with E-state index in [4.69, 9.17) is 16.9 Å². The Morgan fingerprint density at radius 1 is 1.57 bits per heavy atom. The van der Waals surface area contributed by atoms with Gasteiger partial charge in [0.1, 0.15) is 6.07 Å². The minimum Gasteiger partial charge on any atom is -0.192 e. The van der Waals surface area contributed by atoms with Crippen LogP contribution >= 0.6 is 23.4 Å². The van der Waals surface area contributed by atoms with Crippen LogP contribution in [-0.4, -0.2) is 5.75 Å². The van der Waals surface area contributed by atoms with Gasteiger partial charge in [-0.2, -0.15) is 5.26 Å². The van der Waals surface area contributed by atoms with Gasteiger partial charge in [-0.1, -0.05) is 36.7 Å². The molecule has 1 aromatic rings. The zero-order chi connectivity index (χ0) is 10.4. The van der Waals surface area contributed by atoms with E-state index in [1.54, 1.807) is 0 Å². The van der Waals surface area contributed by atoms with Crippen molar-refractivity contribution in [3.8, 4) is 6.07 Å². The topological polar surface area (TPSA) is 23.8 Å². The van der Waals surface area contributed by atoms with Crippen molar-refractivity contribution in [1.82, 2.24) is 0 Å². The number of hydrogen-bond acceptors (Lipinski definition) is 2. The molecule has 1 rings (SSSR count). The Morgan fingerprint density at radius 2 is 2.29 bits per heavy atom. The predicted molar refractivity (Wildman–Crippen MR) is 63.2 cm³/mol. The number of halogens is 1. The van der Waals surface area contributed by atoms with E-state index >= 15 is 0 Å². The molecule has 3 heteroatoms. The Kier molecular flexibility index (Phi) is 4.58. The van der Waals surface area contributed by atoms with Crippen molar-refractivity contribution in [2.75, 3.05) is 5.75 Å². The van der Waals surface area contributed by atoms with Crippen LogP contribution in [0.15, 0.2) is 29.2 Å². The normalized spacial score (nSPS) is 11.1. The first-order valence-corrected chi connectivity index (χ1v) is 5.63. The summed E-state index contributed by atoms with van der Waals surface area (Å²) in [5.74, 6) is 0.893. The fraction of sp³-hybridized carbons (Fsp3) is 0.182. The van der Waals surface area contributed by atoms with Crippen LogP contribution < -0.4 is 0 Å². The molecule has 0 unspecified atom stereocenters. The number of rotatable bonds is 3. The summed E-state index contributed by atoms with van der Waals surface area (Å²) in [6.07, 6.45) is 1.82. The maximum Gasteiger partial charge on any atom is 0.106 e. The van der Waals surface area contributed by atoms with Crippen LogP contribution in [0.1, 0.15) is 12.5 Å². The number of allylic oxidation sites excluding steroid dienone is 1. The highest BCUT2D eigenvalue weighted by Crippen LogP contribution is 2.22. The molecule has 0 bridgehead atoms. The van der Waals surface area contributed by atoms with E-state index in [0.29, 0.717) is 9.93 Å². The van der Waals surface area contributed by atoms with E-state index in [9.17, 15) is 0 Å². The van der Waals surface area contributed by atoms with Crippen LogP contribution in [-0.2, 0) is 0 Å². The highest BCUT2D eigenvalue weighted by molar-refractivity contribution is 8.03. The third-order valence-corrected chi connectivity index (χ3v) is 2.75. The molecule has 14 heavy (non-hydrogen) atoms. The molecule has 0 N–H and O–H groups in total. The van der Waals surface area contributed by atoms with Gasteiger partial charge in [0.25, 0.3) is 0 Å². The lowest BCUT2D eigenvalue weighted by Gasteiger charge is -1.98. The third kappa shape index (κ3) is 3.10. The molecule has 0 spiro atoms. The second-order valence-corrected chi connectivity index (χ2v) is 4.29. The van der Waals surface area contributed by atoms with Crippen LogP contribution in [0, 0.1) is 11.3 Å². The second-order valence-electron chi connectivity index (χ2n) is 2.57. The predicted octanol–water partition coefficient (Wildman–Crippen LogP) is 3.96. The molecule has 0 radical (unpaired) electrons. The summed E-state index contributed by atoms with van der Waals surface area (Å²) < 4.78 is 0. The zero-order valence-electron chi connectivity index (χ0n) is 7.83. The summed E-state index contributed by atoms with van der Waals surface area (Å²) in [6, 6.07) is 9.64. The maximum atomic E-state index is 8.83. The molecule has 0 aliphatic rings. The summed E-state index contributed by atoms with van der Waals surface area (Å²) in [7, 11) is 0. The molecule has 72 valence electrons. The smallest absolute Gasteiger partial charge is 0.106 e. The fourth-order valence-electron chi connectivity index (χ4n) is 0.995. The van der Waals surface area contributed by atoms with E-state index in [1.165, 1.54) is 11.8 Å². The SMILES string of the molecule is CCS/C(C#N)=C\c1ccccc1Cl. The molecule has 0 amide bonds. The first kappa shape index (κ1) is 11.2. The van der Waals surface area contributed by atoms with Crippen molar-refractivity contribution >= 4 is 29.4 Å². The molecular formula is C11H10ClNS. The number of hydrogen-bond donors (Lipinski definition) is 0. The van der Waals surface area contributed by atoms with Gasteiger partial charge in [-0.05, 0) is 23.5 Å². The number of nitrogens with zero attached hydrogens (tertiary/aromatic N) is 1. The van der Waals surface area contributed by atoms with Crippen molar-refractivity contribution in [3.05, 3.63) is 39.8 Å². The van der Waals surface area contributed by atoms with Crippen LogP contribution in [0.25, 0.3) is 6.08 Å². The second kappa shape index (κ2) is 5.74. The fourth-order valence-corrected chi connectivity index (χ4v) is 1.77. The first-order chi connectivity index (χ1) is 6.77. The molecule has 1 nitrogen and oxygen atoms in total. The summed E-state index contributed by atoms with van der Waals surface area (Å²) in [5.41, 5.74) is 0.895. The number of nitriles is 1. The third-order valence-electron chi connectivity index (χ3n) is 1.60. The van der Waals surface area contributed by atoms with Crippen molar-refractivity contribution in [1.29, 1.82) is 5.26 Å². The van der Waals surface area contributed by atoms with Gasteiger partial charge >= 0.3 is 0 Å². The Labute approximate surface area is 93.4 Å². The molecule has 1 aromatic carbocycles. The van der Waals surface area contributed by atoms with Gasteiger partial charge < -0.3 is 0 Å². The van der Waals surface area contributed by atoms with Gasteiger partial charge in [-0.15, -0.1) is 11.8 Å². The van der Waals surface area contributed by atoms with Crippen molar-refractivity contribution in [3.63, 3.8) is 0 Å². The van der Waals surface area contributed by atoms with Gasteiger partial charge in [-0.25, -0.2) is 0 Å². The average molecular weight is 224 g/mol. The molecule has 0 aliphatic heterocycles. The standard InChI is InChI=1S/C11H10ClNS/c1-2-14-10(8-13)7-9-5-3-4-6-11(9)12/h3-7H,2H2,1H3/b10-7-. The molecular weight excluding hydrogens is 214 g/mol. The minimum absolute atomic E-state index is 0.678. The van der Waals surface area contributed by atoms with Crippen LogP contribution in [0.5, 0.6) is 0 Å². The Morgan fingerprint density at radius 3 is 2.86 bits per heavy atom. The largest absolute Gasteiger partial charge is 0.192 e. The summed E-state index contributed by atoms with van der Waals surface area (Å²) in [6.45, 7) is 2.02. The molecule has 0 aliphatic carbocycles. The number of benzene rings is 1. The number of thioether (sulfide) groups is 1. The van der Waals surface area contributed by atoms with Gasteiger partial charge in [0, 0.05) is 5.02 Å². The van der Waals surface area contributed by atoms with E-state index in [2.05, 4.69) is 6.07 Å². The Balaban J connectivity index is 2.96. The highest BCUT2D eigenvalue weighted by Gasteiger charge is 1.98. The maximum absolute atomic E-state index is 8.83. The van der Waals surface area contributed by atoms with E-state index in [1.807, 2.05) is 37.3 Å². The monoisotopic (exact) mass is 223 g/mol. The summed E-state index contributed by atoms with van der Waals surface area (Å²) >= 11 is 7.48. The van der Waals surface area contributed by atoms with E-state index in [-0.39, 0.29) is 0 Å². The van der Waals surface area contributed by atoms with Gasteiger partial charge in [0.2, 0.25) is 0 Å². The summed E-state index contributed by atoms with van der Waals surface area (Å²) in [4.78, 5) is 0.695. The van der Waals surface area contributed by atoms with Gasteiger partial charge in [0.15, 0.2) is 0 Å². The Bertz CT molecular complexity index is 379. The molecule has 0 fully saturated rings. The minimum atomic E-state index is 0.678. The van der Waals surface area contributed by atoms with Crippen LogP contribution in [0.2, 0.25) is 5.02 Å². The average Bonchev–Trinajstić information content (AvgIpc) is 2.20. The van der Waals surface area contributed by atoms with Crippen molar-refractivity contribution in [2.24, 2.45) is 0 Å². The van der Waals surface area contributed by atoms with Gasteiger partial charge in [-0.3, -0.25) is 0 Å². The summed E-state index contributed by atoms with van der Waals surface area (Å²) in [5, 5.41) is 9.50. The van der Waals surface area contributed by atoms with E-state index in [0.717, 1.165) is 11.3 Å². The molecule has 0 heterocycles. The lowest BCUT2D eigenvalue weighted by molar-refractivity contribution is 1.51. The highest BCUT2D eigenvalue weighted by atomic mass is 35.5.